The topological polar surface area (TPSA) is 72.5 Å². The minimum atomic E-state index is -0.862. The number of ketones is 1. The molecule has 2 aromatic carbocycles. The van der Waals surface area contributed by atoms with Crippen molar-refractivity contribution in [2.75, 3.05) is 6.54 Å². The summed E-state index contributed by atoms with van der Waals surface area (Å²) in [4.78, 5) is 36.5. The normalized spacial score (nSPS) is 13.5. The second-order valence-electron chi connectivity index (χ2n) is 6.85. The Labute approximate surface area is 169 Å². The molecule has 1 amide bonds. The van der Waals surface area contributed by atoms with E-state index in [-0.39, 0.29) is 24.7 Å². The molecule has 3 rings (SSSR count). The molecule has 1 aliphatic carbocycles. The molecule has 146 valence electrons. The largest absolute Gasteiger partial charge is 0.454 e. The van der Waals surface area contributed by atoms with E-state index >= 15 is 0 Å². The minimum absolute atomic E-state index is 0.0128. The summed E-state index contributed by atoms with van der Waals surface area (Å²) in [6, 6.07) is 12.1. The average Bonchev–Trinajstić information content (AvgIpc) is 3.15. The number of esters is 1. The Balaban J connectivity index is 1.45. The van der Waals surface area contributed by atoms with E-state index in [1.165, 1.54) is 11.1 Å². The number of hydrogen-bond donors (Lipinski definition) is 1. The SMILES string of the molecule is C[C@@H](OC(=O)CCNC(=O)c1ccc(Cl)cc1)C(=O)c1ccc2c(c1)CCC2. The summed E-state index contributed by atoms with van der Waals surface area (Å²) < 4.78 is 5.23. The maximum atomic E-state index is 12.5. The van der Waals surface area contributed by atoms with Gasteiger partial charge in [0, 0.05) is 22.7 Å². The van der Waals surface area contributed by atoms with E-state index < -0.39 is 12.1 Å². The number of carbonyl (C=O) groups is 3. The standard InChI is InChI=1S/C22H22ClNO4/c1-14(21(26)18-6-5-15-3-2-4-17(15)13-18)28-20(25)11-12-24-22(27)16-7-9-19(23)10-8-16/h5-10,13-14H,2-4,11-12H2,1H3,(H,24,27)/t14-/m1/s1. The maximum absolute atomic E-state index is 12.5. The first-order valence-corrected chi connectivity index (χ1v) is 9.71. The van der Waals surface area contributed by atoms with Crippen LogP contribution in [0.2, 0.25) is 5.02 Å². The molecular formula is C22H22ClNO4. The van der Waals surface area contributed by atoms with Gasteiger partial charge in [0.1, 0.15) is 0 Å². The van der Waals surface area contributed by atoms with Gasteiger partial charge in [0.05, 0.1) is 6.42 Å². The first-order valence-electron chi connectivity index (χ1n) is 9.33. The van der Waals surface area contributed by atoms with Gasteiger partial charge in [-0.25, -0.2) is 0 Å². The van der Waals surface area contributed by atoms with Crippen LogP contribution in [0.1, 0.15) is 51.6 Å². The Bertz CT molecular complexity index is 892. The molecule has 0 aliphatic heterocycles. The number of aryl methyl sites for hydroxylation is 2. The zero-order valence-corrected chi connectivity index (χ0v) is 16.4. The molecule has 2 aromatic rings. The molecule has 1 N–H and O–H groups in total. The highest BCUT2D eigenvalue weighted by Gasteiger charge is 2.21. The number of halogens is 1. The molecule has 0 radical (unpaired) electrons. The zero-order valence-electron chi connectivity index (χ0n) is 15.7. The lowest BCUT2D eigenvalue weighted by atomic mass is 10.0. The number of ether oxygens (including phenoxy) is 1. The highest BCUT2D eigenvalue weighted by Crippen LogP contribution is 2.23. The fourth-order valence-corrected chi connectivity index (χ4v) is 3.38. The number of hydrogen-bond acceptors (Lipinski definition) is 4. The minimum Gasteiger partial charge on any atom is -0.454 e. The Morgan fingerprint density at radius 3 is 2.46 bits per heavy atom. The van der Waals surface area contributed by atoms with Crippen molar-refractivity contribution in [2.45, 2.75) is 38.7 Å². The monoisotopic (exact) mass is 399 g/mol. The van der Waals surface area contributed by atoms with E-state index in [9.17, 15) is 14.4 Å². The second-order valence-corrected chi connectivity index (χ2v) is 7.28. The van der Waals surface area contributed by atoms with E-state index in [0.717, 1.165) is 19.3 Å². The van der Waals surface area contributed by atoms with Gasteiger partial charge in [-0.3, -0.25) is 14.4 Å². The van der Waals surface area contributed by atoms with Crippen molar-refractivity contribution in [3.8, 4) is 0 Å². The second kappa shape index (κ2) is 9.02. The lowest BCUT2D eigenvalue weighted by Crippen LogP contribution is -2.29. The highest BCUT2D eigenvalue weighted by molar-refractivity contribution is 6.30. The quantitative estimate of drug-likeness (QED) is 0.568. The van der Waals surface area contributed by atoms with Crippen molar-refractivity contribution in [2.24, 2.45) is 0 Å². The van der Waals surface area contributed by atoms with Crippen LogP contribution in [0.15, 0.2) is 42.5 Å². The van der Waals surface area contributed by atoms with Gasteiger partial charge >= 0.3 is 5.97 Å². The van der Waals surface area contributed by atoms with Gasteiger partial charge < -0.3 is 10.1 Å². The number of benzene rings is 2. The van der Waals surface area contributed by atoms with Crippen LogP contribution in [0.5, 0.6) is 0 Å². The predicted octanol–water partition coefficient (Wildman–Crippen LogP) is 3.76. The van der Waals surface area contributed by atoms with E-state index in [1.54, 1.807) is 37.3 Å². The molecule has 0 fully saturated rings. The van der Waals surface area contributed by atoms with Crippen molar-refractivity contribution < 1.29 is 19.1 Å². The molecule has 0 spiro atoms. The lowest BCUT2D eigenvalue weighted by Gasteiger charge is -2.13. The van der Waals surface area contributed by atoms with Crippen LogP contribution in [0.4, 0.5) is 0 Å². The number of fused-ring (bicyclic) bond motifs is 1. The Morgan fingerprint density at radius 2 is 1.71 bits per heavy atom. The van der Waals surface area contributed by atoms with Crippen LogP contribution in [-0.4, -0.2) is 30.3 Å². The van der Waals surface area contributed by atoms with Gasteiger partial charge in [0.15, 0.2) is 6.10 Å². The van der Waals surface area contributed by atoms with Crippen molar-refractivity contribution in [1.29, 1.82) is 0 Å². The van der Waals surface area contributed by atoms with Crippen LogP contribution in [-0.2, 0) is 22.4 Å². The van der Waals surface area contributed by atoms with Gasteiger partial charge in [0.25, 0.3) is 5.91 Å². The first-order chi connectivity index (χ1) is 13.4. The molecule has 0 saturated carbocycles. The van der Waals surface area contributed by atoms with E-state index in [1.807, 2.05) is 12.1 Å². The Kier molecular flexibility index (Phi) is 6.47. The highest BCUT2D eigenvalue weighted by atomic mass is 35.5. The molecule has 0 unspecified atom stereocenters. The molecule has 0 aromatic heterocycles. The summed E-state index contributed by atoms with van der Waals surface area (Å²) in [5.74, 6) is -1.04. The van der Waals surface area contributed by atoms with Crippen molar-refractivity contribution in [3.05, 3.63) is 69.7 Å². The molecule has 0 bridgehead atoms. The number of rotatable bonds is 7. The van der Waals surface area contributed by atoms with Crippen LogP contribution in [0, 0.1) is 0 Å². The number of Topliss-reactive ketones (excluding diaryl/α,β-unsaturated/α-hetero) is 1. The lowest BCUT2D eigenvalue weighted by molar-refractivity contribution is -0.146. The van der Waals surface area contributed by atoms with E-state index in [4.69, 9.17) is 16.3 Å². The van der Waals surface area contributed by atoms with Crippen molar-refractivity contribution in [3.63, 3.8) is 0 Å². The third kappa shape index (κ3) is 4.98. The van der Waals surface area contributed by atoms with Crippen LogP contribution >= 0.6 is 11.6 Å². The third-order valence-corrected chi connectivity index (χ3v) is 5.03. The van der Waals surface area contributed by atoms with Gasteiger partial charge in [-0.15, -0.1) is 0 Å². The molecule has 0 heterocycles. The Morgan fingerprint density at radius 1 is 1.04 bits per heavy atom. The molecule has 28 heavy (non-hydrogen) atoms. The zero-order chi connectivity index (χ0) is 20.1. The molecule has 5 nitrogen and oxygen atoms in total. The fourth-order valence-electron chi connectivity index (χ4n) is 3.25. The summed E-state index contributed by atoms with van der Waals surface area (Å²) >= 11 is 5.79. The smallest absolute Gasteiger partial charge is 0.308 e. The van der Waals surface area contributed by atoms with Gasteiger partial charge in [-0.2, -0.15) is 0 Å². The van der Waals surface area contributed by atoms with Gasteiger partial charge in [-0.1, -0.05) is 23.7 Å². The first kappa shape index (κ1) is 20.1. The van der Waals surface area contributed by atoms with Crippen LogP contribution < -0.4 is 5.32 Å². The van der Waals surface area contributed by atoms with Gasteiger partial charge in [0.2, 0.25) is 5.78 Å². The number of amides is 1. The molecule has 1 atom stereocenters. The number of nitrogens with one attached hydrogen (secondary N) is 1. The predicted molar refractivity (Wildman–Crippen MR) is 107 cm³/mol. The van der Waals surface area contributed by atoms with Crippen molar-refractivity contribution >= 4 is 29.3 Å². The van der Waals surface area contributed by atoms with E-state index in [2.05, 4.69) is 5.32 Å². The summed E-state index contributed by atoms with van der Waals surface area (Å²) in [5.41, 5.74) is 3.52. The summed E-state index contributed by atoms with van der Waals surface area (Å²) in [7, 11) is 0. The van der Waals surface area contributed by atoms with Gasteiger partial charge in [-0.05, 0) is 67.6 Å². The number of carbonyl (C=O) groups excluding carboxylic acids is 3. The molecule has 6 heteroatoms. The van der Waals surface area contributed by atoms with Crippen molar-refractivity contribution in [1.82, 2.24) is 5.32 Å². The van der Waals surface area contributed by atoms with Crippen LogP contribution in [0.25, 0.3) is 0 Å². The van der Waals surface area contributed by atoms with E-state index in [0.29, 0.717) is 16.1 Å². The summed E-state index contributed by atoms with van der Waals surface area (Å²) in [6.07, 6.45) is 2.27. The molecule has 0 saturated heterocycles. The third-order valence-electron chi connectivity index (χ3n) is 4.78. The van der Waals surface area contributed by atoms with Crippen LogP contribution in [0.3, 0.4) is 0 Å². The Hall–Kier alpha value is -2.66. The maximum Gasteiger partial charge on any atom is 0.308 e. The average molecular weight is 400 g/mol. The molecular weight excluding hydrogens is 378 g/mol. The summed E-state index contributed by atoms with van der Waals surface area (Å²) in [5, 5.41) is 3.19. The fraction of sp³-hybridized carbons (Fsp3) is 0.318. The summed E-state index contributed by atoms with van der Waals surface area (Å²) in [6.45, 7) is 1.69. The molecule has 1 aliphatic rings.